The summed E-state index contributed by atoms with van der Waals surface area (Å²) in [4.78, 5) is 3.48. The second-order valence-electron chi connectivity index (χ2n) is 2.64. The number of hydrogen-bond acceptors (Lipinski definition) is 1. The van der Waals surface area contributed by atoms with Crippen LogP contribution < -0.4 is 0 Å². The number of rotatable bonds is 0. The molecule has 60 valence electrons. The summed E-state index contributed by atoms with van der Waals surface area (Å²) in [5.74, 6) is 0. The van der Waals surface area contributed by atoms with Crippen molar-refractivity contribution >= 4 is 30.0 Å². The zero-order valence-corrected chi connectivity index (χ0v) is 7.76. The van der Waals surface area contributed by atoms with Gasteiger partial charge < -0.3 is 4.81 Å². The molecule has 0 spiro atoms. The van der Waals surface area contributed by atoms with Crippen molar-refractivity contribution in [2.24, 2.45) is 0 Å². The number of allylic oxidation sites excluding steroid dienone is 4. The molecule has 0 N–H and O–H groups in total. The summed E-state index contributed by atoms with van der Waals surface area (Å²) in [6.45, 7) is 0.00309. The van der Waals surface area contributed by atoms with Crippen LogP contribution in [0.1, 0.15) is 0 Å². The van der Waals surface area contributed by atoms with Crippen LogP contribution in [0.4, 0.5) is 0 Å². The smallest absolute Gasteiger partial charge is 0.350 e. The van der Waals surface area contributed by atoms with Gasteiger partial charge in [0.2, 0.25) is 0 Å². The van der Waals surface area contributed by atoms with Gasteiger partial charge >= 0.3 is 6.85 Å². The van der Waals surface area contributed by atoms with Crippen LogP contribution >= 0.6 is 23.2 Å². The molecular formula is C8H6BCl2N. The first-order valence-corrected chi connectivity index (χ1v) is 4.40. The van der Waals surface area contributed by atoms with Crippen molar-refractivity contribution in [3.8, 4) is 0 Å². The third-order valence-electron chi connectivity index (χ3n) is 1.85. The molecule has 0 amide bonds. The van der Waals surface area contributed by atoms with E-state index in [0.717, 1.165) is 9.86 Å². The van der Waals surface area contributed by atoms with E-state index in [1.54, 1.807) is 0 Å². The van der Waals surface area contributed by atoms with E-state index in [9.17, 15) is 0 Å². The molecule has 0 aromatic carbocycles. The Morgan fingerprint density at radius 1 is 1.00 bits per heavy atom. The monoisotopic (exact) mass is 197 g/mol. The van der Waals surface area contributed by atoms with E-state index in [-0.39, 0.29) is 6.85 Å². The molecule has 0 radical (unpaired) electrons. The Labute approximate surface area is 81.7 Å². The van der Waals surface area contributed by atoms with Crippen LogP contribution in [-0.4, -0.2) is 11.7 Å². The number of nitrogens with zero attached hydrogens (tertiary/aromatic N) is 1. The van der Waals surface area contributed by atoms with E-state index in [0.29, 0.717) is 0 Å². The molecule has 0 saturated carbocycles. The van der Waals surface area contributed by atoms with Gasteiger partial charge in [0, 0.05) is 9.86 Å². The molecule has 2 aliphatic rings. The zero-order chi connectivity index (χ0) is 8.55. The Morgan fingerprint density at radius 3 is 1.92 bits per heavy atom. The fraction of sp³-hybridized carbons (Fsp3) is 0. The van der Waals surface area contributed by atoms with E-state index in [1.807, 2.05) is 41.5 Å². The van der Waals surface area contributed by atoms with Gasteiger partial charge in [0.1, 0.15) is 0 Å². The molecule has 0 atom stereocenters. The summed E-state index contributed by atoms with van der Waals surface area (Å²) in [6, 6.07) is 0. The predicted molar refractivity (Wildman–Crippen MR) is 53.7 cm³/mol. The topological polar surface area (TPSA) is 3.24 Å². The second kappa shape index (κ2) is 3.04. The average Bonchev–Trinajstić information content (AvgIpc) is 2.04. The Morgan fingerprint density at radius 2 is 1.50 bits per heavy atom. The van der Waals surface area contributed by atoms with E-state index >= 15 is 0 Å². The minimum absolute atomic E-state index is 0.00309. The third kappa shape index (κ3) is 1.21. The van der Waals surface area contributed by atoms with Crippen molar-refractivity contribution in [3.05, 3.63) is 46.6 Å². The van der Waals surface area contributed by atoms with Crippen LogP contribution in [0.3, 0.4) is 0 Å². The maximum absolute atomic E-state index is 5.99. The summed E-state index contributed by atoms with van der Waals surface area (Å²) >= 11 is 12.0. The lowest BCUT2D eigenvalue weighted by Crippen LogP contribution is -2.35. The van der Waals surface area contributed by atoms with Crippen LogP contribution in [-0.2, 0) is 0 Å². The molecule has 0 fully saturated rings. The summed E-state index contributed by atoms with van der Waals surface area (Å²) in [5, 5.41) is 0. The van der Waals surface area contributed by atoms with E-state index in [2.05, 4.69) is 0 Å². The van der Waals surface area contributed by atoms with Gasteiger partial charge in [-0.2, -0.15) is 0 Å². The molecule has 0 aromatic heterocycles. The van der Waals surface area contributed by atoms with Gasteiger partial charge in [-0.15, -0.1) is 0 Å². The molecule has 4 heteroatoms. The highest BCUT2D eigenvalue weighted by Crippen LogP contribution is 2.27. The molecule has 0 saturated heterocycles. The molecule has 0 bridgehead atoms. The van der Waals surface area contributed by atoms with Crippen LogP contribution in [0.2, 0.25) is 0 Å². The maximum Gasteiger partial charge on any atom is 0.350 e. The fourth-order valence-corrected chi connectivity index (χ4v) is 1.95. The van der Waals surface area contributed by atoms with Gasteiger partial charge in [-0.25, -0.2) is 0 Å². The molecule has 1 nitrogen and oxygen atoms in total. The van der Waals surface area contributed by atoms with Crippen molar-refractivity contribution in [1.82, 2.24) is 4.81 Å². The van der Waals surface area contributed by atoms with Gasteiger partial charge in [-0.3, -0.25) is 0 Å². The van der Waals surface area contributed by atoms with Crippen molar-refractivity contribution in [1.29, 1.82) is 0 Å². The number of fused-ring (bicyclic) bond motifs is 1. The highest BCUT2D eigenvalue weighted by molar-refractivity contribution is 6.89. The SMILES string of the molecule is ClC1=CC=CN2C=CC=C(Cl)B12. The van der Waals surface area contributed by atoms with Gasteiger partial charge in [-0.05, 0) is 24.6 Å². The molecule has 2 rings (SSSR count). The normalized spacial score (nSPS) is 20.5. The summed E-state index contributed by atoms with van der Waals surface area (Å²) in [7, 11) is 0. The van der Waals surface area contributed by atoms with E-state index in [4.69, 9.17) is 23.2 Å². The molecule has 12 heavy (non-hydrogen) atoms. The summed E-state index contributed by atoms with van der Waals surface area (Å²) in [6.07, 6.45) is 11.4. The van der Waals surface area contributed by atoms with Gasteiger partial charge in [0.15, 0.2) is 0 Å². The Hall–Kier alpha value is -0.595. The standard InChI is InChI=1S/C8H6BCl2N/c10-7-3-1-5-12-6-2-4-8(11)9(7)12/h1-6H. The first-order valence-electron chi connectivity index (χ1n) is 3.64. The highest BCUT2D eigenvalue weighted by Gasteiger charge is 2.29. The molecule has 2 aliphatic heterocycles. The average molecular weight is 198 g/mol. The Bertz CT molecular complexity index is 287. The molecule has 2 heterocycles. The minimum atomic E-state index is 0.00309. The minimum Gasteiger partial charge on any atom is -0.388 e. The van der Waals surface area contributed by atoms with Crippen LogP contribution in [0, 0.1) is 0 Å². The fourth-order valence-electron chi connectivity index (χ4n) is 1.29. The number of hydrogen-bond donors (Lipinski definition) is 0. The summed E-state index contributed by atoms with van der Waals surface area (Å²) in [5.41, 5.74) is 0. The second-order valence-corrected chi connectivity index (χ2v) is 3.51. The van der Waals surface area contributed by atoms with Crippen molar-refractivity contribution in [2.75, 3.05) is 0 Å². The molecule has 0 aromatic rings. The van der Waals surface area contributed by atoms with Crippen LogP contribution in [0.25, 0.3) is 0 Å². The lowest BCUT2D eigenvalue weighted by Gasteiger charge is -2.28. The quantitative estimate of drug-likeness (QED) is 0.540. The molecular weight excluding hydrogens is 192 g/mol. The number of halogens is 2. The molecule has 0 aliphatic carbocycles. The van der Waals surface area contributed by atoms with E-state index in [1.165, 1.54) is 0 Å². The first-order chi connectivity index (χ1) is 5.79. The van der Waals surface area contributed by atoms with Gasteiger partial charge in [0.25, 0.3) is 0 Å². The van der Waals surface area contributed by atoms with Gasteiger partial charge in [-0.1, -0.05) is 35.4 Å². The van der Waals surface area contributed by atoms with Crippen LogP contribution in [0.5, 0.6) is 0 Å². The molecule has 0 unspecified atom stereocenters. The zero-order valence-electron chi connectivity index (χ0n) is 6.24. The Balaban J connectivity index is 2.38. The predicted octanol–water partition coefficient (Wildman–Crippen LogP) is 2.66. The lowest BCUT2D eigenvalue weighted by atomic mass is 9.57. The first kappa shape index (κ1) is 8.02. The van der Waals surface area contributed by atoms with Crippen molar-refractivity contribution in [3.63, 3.8) is 0 Å². The third-order valence-corrected chi connectivity index (χ3v) is 2.51. The van der Waals surface area contributed by atoms with Gasteiger partial charge in [0.05, 0.1) is 0 Å². The maximum atomic E-state index is 5.99. The van der Waals surface area contributed by atoms with Crippen LogP contribution in [0.15, 0.2) is 46.6 Å². The largest absolute Gasteiger partial charge is 0.388 e. The Kier molecular flexibility index (Phi) is 2.03. The summed E-state index contributed by atoms with van der Waals surface area (Å²) < 4.78 is 0. The van der Waals surface area contributed by atoms with Crippen molar-refractivity contribution in [2.45, 2.75) is 0 Å². The van der Waals surface area contributed by atoms with E-state index < -0.39 is 0 Å². The van der Waals surface area contributed by atoms with Crippen molar-refractivity contribution < 1.29 is 0 Å². The highest BCUT2D eigenvalue weighted by atomic mass is 35.5. The lowest BCUT2D eigenvalue weighted by molar-refractivity contribution is 0.787.